The number of pyridine rings is 1. The van der Waals surface area contributed by atoms with E-state index >= 15 is 0 Å². The van der Waals surface area contributed by atoms with E-state index in [2.05, 4.69) is 36.9 Å². The number of rotatable bonds is 7. The van der Waals surface area contributed by atoms with Crippen LogP contribution in [0.2, 0.25) is 0 Å². The molecule has 31 heavy (non-hydrogen) atoms. The number of H-pyrrole nitrogens is 1. The Hall–Kier alpha value is -3.19. The maximum Gasteiger partial charge on any atom is 0.251 e. The third-order valence-corrected chi connectivity index (χ3v) is 5.75. The quantitative estimate of drug-likeness (QED) is 0.635. The highest BCUT2D eigenvalue weighted by Gasteiger charge is 2.18. The Morgan fingerprint density at radius 3 is 2.48 bits per heavy atom. The number of nitrogens with one attached hydrogen (secondary N) is 1. The first-order valence-electron chi connectivity index (χ1n) is 10.8. The average Bonchev–Trinajstić information content (AvgIpc) is 2.83. The second kappa shape index (κ2) is 9.75. The van der Waals surface area contributed by atoms with E-state index in [-0.39, 0.29) is 5.56 Å². The van der Waals surface area contributed by atoms with E-state index in [0.29, 0.717) is 5.82 Å². The normalized spacial score (nSPS) is 14.6. The van der Waals surface area contributed by atoms with Crippen LogP contribution < -0.4 is 15.2 Å². The SMILES string of the molecule is CCc1cc(=O)[nH]c(-c2ccc(N3CCN(CCc4ccc(OC)cc4)CC3)nc2)n1. The van der Waals surface area contributed by atoms with Gasteiger partial charge in [-0.25, -0.2) is 9.97 Å². The maximum absolute atomic E-state index is 11.8. The molecule has 1 aromatic carbocycles. The topological polar surface area (TPSA) is 74.4 Å². The van der Waals surface area contributed by atoms with Gasteiger partial charge in [-0.05, 0) is 42.7 Å². The maximum atomic E-state index is 11.8. The molecule has 3 heterocycles. The van der Waals surface area contributed by atoms with Gasteiger partial charge in [0.15, 0.2) is 0 Å². The molecule has 0 atom stereocenters. The highest BCUT2D eigenvalue weighted by molar-refractivity contribution is 5.56. The van der Waals surface area contributed by atoms with Crippen molar-refractivity contribution in [3.8, 4) is 17.1 Å². The highest BCUT2D eigenvalue weighted by Crippen LogP contribution is 2.19. The Morgan fingerprint density at radius 1 is 1.06 bits per heavy atom. The summed E-state index contributed by atoms with van der Waals surface area (Å²) in [6, 6.07) is 13.9. The molecule has 1 aliphatic rings. The molecule has 0 unspecified atom stereocenters. The molecule has 0 spiro atoms. The predicted molar refractivity (Wildman–Crippen MR) is 123 cm³/mol. The van der Waals surface area contributed by atoms with Crippen molar-refractivity contribution < 1.29 is 4.74 Å². The van der Waals surface area contributed by atoms with Crippen LogP contribution in [0.15, 0.2) is 53.5 Å². The van der Waals surface area contributed by atoms with Crippen molar-refractivity contribution in [3.63, 3.8) is 0 Å². The number of aromatic nitrogens is 3. The fourth-order valence-corrected chi connectivity index (χ4v) is 3.82. The Morgan fingerprint density at radius 2 is 1.84 bits per heavy atom. The number of aryl methyl sites for hydroxylation is 1. The lowest BCUT2D eigenvalue weighted by atomic mass is 10.1. The molecule has 4 rings (SSSR count). The summed E-state index contributed by atoms with van der Waals surface area (Å²) in [4.78, 5) is 28.6. The Labute approximate surface area is 182 Å². The second-order valence-electron chi connectivity index (χ2n) is 7.77. The fourth-order valence-electron chi connectivity index (χ4n) is 3.82. The van der Waals surface area contributed by atoms with Gasteiger partial charge in [-0.15, -0.1) is 0 Å². The van der Waals surface area contributed by atoms with Crippen LogP contribution in [0.25, 0.3) is 11.4 Å². The van der Waals surface area contributed by atoms with E-state index < -0.39 is 0 Å². The van der Waals surface area contributed by atoms with Crippen LogP contribution in [-0.4, -0.2) is 59.7 Å². The van der Waals surface area contributed by atoms with Crippen molar-refractivity contribution in [3.05, 3.63) is 70.3 Å². The third-order valence-electron chi connectivity index (χ3n) is 5.75. The molecule has 0 amide bonds. The van der Waals surface area contributed by atoms with Crippen LogP contribution in [0, 0.1) is 0 Å². The standard InChI is InChI=1S/C24H29N5O2/c1-3-20-16-23(30)27-24(26-20)19-6-9-22(25-17-19)29-14-12-28(13-15-29)11-10-18-4-7-21(31-2)8-5-18/h4-9,16-17H,3,10-15H2,1-2H3,(H,26,27,30). The monoisotopic (exact) mass is 419 g/mol. The number of aromatic amines is 1. The van der Waals surface area contributed by atoms with Gasteiger partial charge < -0.3 is 14.6 Å². The minimum absolute atomic E-state index is 0.128. The first kappa shape index (κ1) is 21.1. The zero-order valence-electron chi connectivity index (χ0n) is 18.2. The smallest absolute Gasteiger partial charge is 0.251 e. The van der Waals surface area contributed by atoms with Crippen molar-refractivity contribution in [1.29, 1.82) is 0 Å². The van der Waals surface area contributed by atoms with Gasteiger partial charge in [0.1, 0.15) is 17.4 Å². The lowest BCUT2D eigenvalue weighted by molar-refractivity contribution is 0.260. The fraction of sp³-hybridized carbons (Fsp3) is 0.375. The first-order chi connectivity index (χ1) is 15.1. The van der Waals surface area contributed by atoms with Crippen molar-refractivity contribution in [1.82, 2.24) is 19.9 Å². The third kappa shape index (κ3) is 5.30. The lowest BCUT2D eigenvalue weighted by Gasteiger charge is -2.35. The number of benzene rings is 1. The largest absolute Gasteiger partial charge is 0.497 e. The molecule has 3 aromatic rings. The van der Waals surface area contributed by atoms with Crippen LogP contribution in [0.4, 0.5) is 5.82 Å². The summed E-state index contributed by atoms with van der Waals surface area (Å²) in [6.07, 6.45) is 3.56. The van der Waals surface area contributed by atoms with E-state index in [0.717, 1.165) is 68.4 Å². The molecule has 0 bridgehead atoms. The van der Waals surface area contributed by atoms with E-state index in [4.69, 9.17) is 4.74 Å². The number of piperazine rings is 1. The summed E-state index contributed by atoms with van der Waals surface area (Å²) in [5, 5.41) is 0. The highest BCUT2D eigenvalue weighted by atomic mass is 16.5. The molecule has 0 aliphatic carbocycles. The second-order valence-corrected chi connectivity index (χ2v) is 7.77. The molecule has 7 nitrogen and oxygen atoms in total. The zero-order valence-corrected chi connectivity index (χ0v) is 18.2. The molecular formula is C24H29N5O2. The van der Waals surface area contributed by atoms with E-state index in [1.807, 2.05) is 31.2 Å². The number of hydrogen-bond donors (Lipinski definition) is 1. The van der Waals surface area contributed by atoms with Gasteiger partial charge in [0, 0.05) is 56.2 Å². The summed E-state index contributed by atoms with van der Waals surface area (Å²) in [5.74, 6) is 2.44. The van der Waals surface area contributed by atoms with Gasteiger partial charge in [0.05, 0.1) is 7.11 Å². The minimum atomic E-state index is -0.128. The van der Waals surface area contributed by atoms with E-state index in [9.17, 15) is 4.79 Å². The summed E-state index contributed by atoms with van der Waals surface area (Å²) >= 11 is 0. The molecule has 1 aliphatic heterocycles. The number of nitrogens with zero attached hydrogens (tertiary/aromatic N) is 4. The Balaban J connectivity index is 1.31. The van der Waals surface area contributed by atoms with Crippen molar-refractivity contribution in [2.75, 3.05) is 44.7 Å². The average molecular weight is 420 g/mol. The summed E-state index contributed by atoms with van der Waals surface area (Å²) in [5.41, 5.74) is 2.82. The van der Waals surface area contributed by atoms with Crippen LogP contribution in [-0.2, 0) is 12.8 Å². The van der Waals surface area contributed by atoms with Gasteiger partial charge in [0.25, 0.3) is 5.56 Å². The van der Waals surface area contributed by atoms with Gasteiger partial charge in [-0.2, -0.15) is 0 Å². The summed E-state index contributed by atoms with van der Waals surface area (Å²) < 4.78 is 5.22. The number of methoxy groups -OCH3 is 1. The Bertz CT molecular complexity index is 1040. The number of hydrogen-bond acceptors (Lipinski definition) is 6. The van der Waals surface area contributed by atoms with Crippen molar-refractivity contribution in [2.45, 2.75) is 19.8 Å². The molecule has 2 aromatic heterocycles. The first-order valence-corrected chi connectivity index (χ1v) is 10.8. The van der Waals surface area contributed by atoms with Crippen molar-refractivity contribution >= 4 is 5.82 Å². The molecule has 162 valence electrons. The molecule has 1 fully saturated rings. The molecule has 1 N–H and O–H groups in total. The van der Waals surface area contributed by atoms with Gasteiger partial charge in [0.2, 0.25) is 0 Å². The van der Waals surface area contributed by atoms with E-state index in [1.165, 1.54) is 5.56 Å². The van der Waals surface area contributed by atoms with Crippen LogP contribution >= 0.6 is 0 Å². The molecule has 1 saturated heterocycles. The number of ether oxygens (including phenoxy) is 1. The zero-order chi connectivity index (χ0) is 21.6. The Kier molecular flexibility index (Phi) is 6.62. The summed E-state index contributed by atoms with van der Waals surface area (Å²) in [7, 11) is 1.69. The lowest BCUT2D eigenvalue weighted by Crippen LogP contribution is -2.47. The van der Waals surface area contributed by atoms with Crippen LogP contribution in [0.5, 0.6) is 5.75 Å². The van der Waals surface area contributed by atoms with E-state index in [1.54, 1.807) is 19.4 Å². The number of anilines is 1. The minimum Gasteiger partial charge on any atom is -0.497 e. The molecule has 0 saturated carbocycles. The van der Waals surface area contributed by atoms with Crippen LogP contribution in [0.3, 0.4) is 0 Å². The summed E-state index contributed by atoms with van der Waals surface area (Å²) in [6.45, 7) is 6.99. The van der Waals surface area contributed by atoms with Gasteiger partial charge in [-0.3, -0.25) is 9.69 Å². The molecule has 7 heteroatoms. The van der Waals surface area contributed by atoms with Crippen LogP contribution in [0.1, 0.15) is 18.2 Å². The van der Waals surface area contributed by atoms with Gasteiger partial charge >= 0.3 is 0 Å². The molecular weight excluding hydrogens is 390 g/mol. The van der Waals surface area contributed by atoms with Crippen molar-refractivity contribution in [2.24, 2.45) is 0 Å². The predicted octanol–water partition coefficient (Wildman–Crippen LogP) is 2.77. The molecule has 0 radical (unpaired) electrons. The van der Waals surface area contributed by atoms with Gasteiger partial charge in [-0.1, -0.05) is 19.1 Å².